The zero-order chi connectivity index (χ0) is 23.6. The highest BCUT2D eigenvalue weighted by Crippen LogP contribution is 2.27. The minimum Gasteiger partial charge on any atom is -0.497 e. The average Bonchev–Trinajstić information content (AvgIpc) is 2.84. The third-order valence-electron chi connectivity index (χ3n) is 5.96. The van der Waals surface area contributed by atoms with Crippen molar-refractivity contribution in [1.82, 2.24) is 14.3 Å². The number of sulfonamides is 1. The standard InChI is InChI=1S/C25H30N4O3S/c1-25(2,3)20-7-11-22(12-8-20)33(30,31)29-15-13-28(14-16-29)24-17-23(26-18-27-24)19-5-9-21(32-4)10-6-19/h5-12,17-18H,13-16H2,1-4H3. The van der Waals surface area contributed by atoms with Gasteiger partial charge in [-0.1, -0.05) is 32.9 Å². The second-order valence-electron chi connectivity index (χ2n) is 9.16. The first-order valence-electron chi connectivity index (χ1n) is 11.0. The number of ether oxygens (including phenoxy) is 1. The summed E-state index contributed by atoms with van der Waals surface area (Å²) < 4.78 is 33.1. The first-order chi connectivity index (χ1) is 15.7. The number of benzene rings is 2. The first-order valence-corrected chi connectivity index (χ1v) is 12.4. The number of rotatable bonds is 5. The summed E-state index contributed by atoms with van der Waals surface area (Å²) in [5.74, 6) is 1.58. The quantitative estimate of drug-likeness (QED) is 0.567. The van der Waals surface area contributed by atoms with Crippen molar-refractivity contribution < 1.29 is 13.2 Å². The molecule has 0 unspecified atom stereocenters. The molecule has 0 aliphatic carbocycles. The van der Waals surface area contributed by atoms with Gasteiger partial charge in [-0.2, -0.15) is 4.31 Å². The predicted molar refractivity (Wildman–Crippen MR) is 130 cm³/mol. The molecule has 174 valence electrons. The summed E-state index contributed by atoms with van der Waals surface area (Å²) in [6.07, 6.45) is 1.55. The van der Waals surface area contributed by atoms with Crippen LogP contribution in [0.2, 0.25) is 0 Å². The minimum absolute atomic E-state index is 0.0177. The van der Waals surface area contributed by atoms with E-state index in [0.717, 1.165) is 28.4 Å². The second-order valence-corrected chi connectivity index (χ2v) is 11.1. The van der Waals surface area contributed by atoms with Gasteiger partial charge in [0.1, 0.15) is 17.9 Å². The first kappa shape index (κ1) is 23.2. The molecule has 0 saturated carbocycles. The Hall–Kier alpha value is -2.97. The van der Waals surface area contributed by atoms with Crippen molar-refractivity contribution in [2.24, 2.45) is 0 Å². The Bertz CT molecular complexity index is 1200. The fourth-order valence-electron chi connectivity index (χ4n) is 3.87. The van der Waals surface area contributed by atoms with Gasteiger partial charge in [0.15, 0.2) is 0 Å². The van der Waals surface area contributed by atoms with Crippen molar-refractivity contribution in [2.45, 2.75) is 31.1 Å². The van der Waals surface area contributed by atoms with Crippen LogP contribution in [0.3, 0.4) is 0 Å². The third-order valence-corrected chi connectivity index (χ3v) is 7.87. The maximum atomic E-state index is 13.2. The van der Waals surface area contributed by atoms with Gasteiger partial charge in [0, 0.05) is 37.8 Å². The number of hydrogen-bond donors (Lipinski definition) is 0. The lowest BCUT2D eigenvalue weighted by atomic mass is 9.87. The van der Waals surface area contributed by atoms with Gasteiger partial charge < -0.3 is 9.64 Å². The van der Waals surface area contributed by atoms with E-state index in [9.17, 15) is 8.42 Å². The monoisotopic (exact) mass is 466 g/mol. The van der Waals surface area contributed by atoms with Crippen LogP contribution < -0.4 is 9.64 Å². The van der Waals surface area contributed by atoms with E-state index in [0.29, 0.717) is 31.1 Å². The van der Waals surface area contributed by atoms with E-state index in [1.165, 1.54) is 0 Å². The molecule has 0 atom stereocenters. The molecule has 1 saturated heterocycles. The van der Waals surface area contributed by atoms with Crippen molar-refractivity contribution in [3.63, 3.8) is 0 Å². The molecule has 0 N–H and O–H groups in total. The Morgan fingerprint density at radius 1 is 0.879 bits per heavy atom. The van der Waals surface area contributed by atoms with Crippen LogP contribution >= 0.6 is 0 Å². The van der Waals surface area contributed by atoms with Crippen LogP contribution in [0, 0.1) is 0 Å². The minimum atomic E-state index is -3.53. The number of hydrogen-bond acceptors (Lipinski definition) is 6. The van der Waals surface area contributed by atoms with Gasteiger partial charge in [0.2, 0.25) is 10.0 Å². The molecular formula is C25H30N4O3S. The molecule has 1 fully saturated rings. The van der Waals surface area contributed by atoms with E-state index in [1.807, 2.05) is 42.5 Å². The summed E-state index contributed by atoms with van der Waals surface area (Å²) >= 11 is 0. The summed E-state index contributed by atoms with van der Waals surface area (Å²) in [5, 5.41) is 0. The fraction of sp³-hybridized carbons (Fsp3) is 0.360. The van der Waals surface area contributed by atoms with Crippen LogP contribution in [-0.2, 0) is 15.4 Å². The molecule has 2 aromatic carbocycles. The normalized spacial score (nSPS) is 15.5. The number of nitrogens with zero attached hydrogens (tertiary/aromatic N) is 4. The van der Waals surface area contributed by atoms with Crippen LogP contribution in [0.5, 0.6) is 5.75 Å². The molecule has 1 aliphatic heterocycles. The topological polar surface area (TPSA) is 75.6 Å². The lowest BCUT2D eigenvalue weighted by Gasteiger charge is -2.34. The van der Waals surface area contributed by atoms with E-state index < -0.39 is 10.0 Å². The smallest absolute Gasteiger partial charge is 0.243 e. The van der Waals surface area contributed by atoms with Crippen molar-refractivity contribution in [2.75, 3.05) is 38.2 Å². The van der Waals surface area contributed by atoms with Gasteiger partial charge in [0.05, 0.1) is 17.7 Å². The number of piperazine rings is 1. The van der Waals surface area contributed by atoms with Gasteiger partial charge in [-0.25, -0.2) is 18.4 Å². The van der Waals surface area contributed by atoms with Crippen LogP contribution in [-0.4, -0.2) is 56.0 Å². The highest BCUT2D eigenvalue weighted by Gasteiger charge is 2.29. The molecule has 8 heteroatoms. The summed E-state index contributed by atoms with van der Waals surface area (Å²) in [6.45, 7) is 8.29. The molecule has 3 aromatic rings. The van der Waals surface area contributed by atoms with E-state index >= 15 is 0 Å². The van der Waals surface area contributed by atoms with E-state index in [2.05, 4.69) is 35.6 Å². The highest BCUT2D eigenvalue weighted by molar-refractivity contribution is 7.89. The zero-order valence-corrected chi connectivity index (χ0v) is 20.3. The van der Waals surface area contributed by atoms with Crippen LogP contribution in [0.1, 0.15) is 26.3 Å². The molecule has 7 nitrogen and oxygen atoms in total. The second kappa shape index (κ2) is 9.11. The SMILES string of the molecule is COc1ccc(-c2cc(N3CCN(S(=O)(=O)c4ccc(C(C)(C)C)cc4)CC3)ncn2)cc1. The highest BCUT2D eigenvalue weighted by atomic mass is 32.2. The maximum absolute atomic E-state index is 13.2. The van der Waals surface area contributed by atoms with Crippen LogP contribution in [0.15, 0.2) is 65.8 Å². The Labute approximate surface area is 196 Å². The maximum Gasteiger partial charge on any atom is 0.243 e. The molecule has 1 aromatic heterocycles. The molecule has 0 bridgehead atoms. The van der Waals surface area contributed by atoms with Crippen LogP contribution in [0.4, 0.5) is 5.82 Å². The molecule has 33 heavy (non-hydrogen) atoms. The number of methoxy groups -OCH3 is 1. The largest absolute Gasteiger partial charge is 0.497 e. The summed E-state index contributed by atoms with van der Waals surface area (Å²) in [7, 11) is -1.89. The Morgan fingerprint density at radius 3 is 2.09 bits per heavy atom. The van der Waals surface area contributed by atoms with Crippen LogP contribution in [0.25, 0.3) is 11.3 Å². The molecule has 1 aliphatic rings. The lowest BCUT2D eigenvalue weighted by molar-refractivity contribution is 0.383. The van der Waals surface area contributed by atoms with Crippen molar-refractivity contribution in [1.29, 1.82) is 0 Å². The molecule has 4 rings (SSSR count). The van der Waals surface area contributed by atoms with Crippen molar-refractivity contribution in [3.8, 4) is 17.0 Å². The average molecular weight is 467 g/mol. The fourth-order valence-corrected chi connectivity index (χ4v) is 5.30. The molecule has 2 heterocycles. The zero-order valence-electron chi connectivity index (χ0n) is 19.5. The van der Waals surface area contributed by atoms with Crippen molar-refractivity contribution in [3.05, 3.63) is 66.5 Å². The Kier molecular flexibility index (Phi) is 6.41. The van der Waals surface area contributed by atoms with Gasteiger partial charge in [-0.3, -0.25) is 0 Å². The van der Waals surface area contributed by atoms with Gasteiger partial charge in [-0.15, -0.1) is 0 Å². The Balaban J connectivity index is 1.45. The predicted octanol–water partition coefficient (Wildman–Crippen LogP) is 3.96. The molecule has 0 amide bonds. The summed E-state index contributed by atoms with van der Waals surface area (Å²) in [6, 6.07) is 16.9. The molecular weight excluding hydrogens is 436 g/mol. The molecule has 0 radical (unpaired) electrons. The van der Waals surface area contributed by atoms with Crippen molar-refractivity contribution >= 4 is 15.8 Å². The summed E-state index contributed by atoms with van der Waals surface area (Å²) in [4.78, 5) is 11.3. The number of aromatic nitrogens is 2. The Morgan fingerprint density at radius 2 is 1.52 bits per heavy atom. The van der Waals surface area contributed by atoms with Gasteiger partial charge >= 0.3 is 0 Å². The van der Waals surface area contributed by atoms with Gasteiger partial charge in [-0.05, 0) is 47.4 Å². The third kappa shape index (κ3) is 5.02. The molecule has 0 spiro atoms. The summed E-state index contributed by atoms with van der Waals surface area (Å²) in [5.41, 5.74) is 2.88. The van der Waals surface area contributed by atoms with E-state index in [4.69, 9.17) is 4.74 Å². The van der Waals surface area contributed by atoms with E-state index in [-0.39, 0.29) is 5.41 Å². The number of anilines is 1. The lowest BCUT2D eigenvalue weighted by Crippen LogP contribution is -2.48. The van der Waals surface area contributed by atoms with E-state index in [1.54, 1.807) is 29.9 Å². The van der Waals surface area contributed by atoms with Gasteiger partial charge in [0.25, 0.3) is 0 Å².